The molecule has 3 aromatic rings. The molecule has 3 N–H and O–H groups in total. The molecule has 1 amide bonds. The minimum atomic E-state index is -3.89. The molecular formula is C22H23N3O5S. The Kier molecular flexibility index (Phi) is 5.24. The van der Waals surface area contributed by atoms with E-state index >= 15 is 0 Å². The molecule has 0 spiro atoms. The van der Waals surface area contributed by atoms with E-state index in [4.69, 9.17) is 14.6 Å². The van der Waals surface area contributed by atoms with Crippen LogP contribution < -0.4 is 19.9 Å². The highest BCUT2D eigenvalue weighted by Crippen LogP contribution is 2.33. The van der Waals surface area contributed by atoms with Crippen molar-refractivity contribution in [3.8, 4) is 17.2 Å². The molecule has 0 saturated heterocycles. The third-order valence-electron chi connectivity index (χ3n) is 5.21. The number of sulfonamides is 1. The van der Waals surface area contributed by atoms with Gasteiger partial charge in [-0.3, -0.25) is 4.79 Å². The number of nitrogens with one attached hydrogen (secondary N) is 1. The van der Waals surface area contributed by atoms with Gasteiger partial charge in [0.1, 0.15) is 13.2 Å². The smallest absolute Gasteiger partial charge is 0.257 e. The van der Waals surface area contributed by atoms with E-state index in [2.05, 4.69) is 5.32 Å². The van der Waals surface area contributed by atoms with Crippen molar-refractivity contribution in [2.75, 3.05) is 18.5 Å². The normalized spacial score (nSPS) is 13.2. The Morgan fingerprint density at radius 1 is 1.00 bits per heavy atom. The molecule has 2 aromatic carbocycles. The van der Waals surface area contributed by atoms with Gasteiger partial charge in [-0.15, -0.1) is 0 Å². The zero-order valence-corrected chi connectivity index (χ0v) is 18.2. The number of fused-ring (bicyclic) bond motifs is 1. The Balaban J connectivity index is 1.66. The Morgan fingerprint density at radius 3 is 2.42 bits per heavy atom. The van der Waals surface area contributed by atoms with Gasteiger partial charge >= 0.3 is 0 Å². The van der Waals surface area contributed by atoms with Crippen molar-refractivity contribution < 1.29 is 22.7 Å². The number of benzene rings is 2. The van der Waals surface area contributed by atoms with Crippen LogP contribution in [0.25, 0.3) is 5.69 Å². The summed E-state index contributed by atoms with van der Waals surface area (Å²) in [5, 5.41) is 8.03. The lowest BCUT2D eigenvalue weighted by Crippen LogP contribution is -2.16. The minimum absolute atomic E-state index is 0.0212. The van der Waals surface area contributed by atoms with Crippen LogP contribution >= 0.6 is 0 Å². The number of amides is 1. The van der Waals surface area contributed by atoms with Crippen molar-refractivity contribution in [1.82, 2.24) is 4.57 Å². The first-order valence-corrected chi connectivity index (χ1v) is 11.2. The second-order valence-electron chi connectivity index (χ2n) is 7.43. The monoisotopic (exact) mass is 441 g/mol. The number of hydrogen-bond donors (Lipinski definition) is 2. The fraction of sp³-hybridized carbons (Fsp3) is 0.227. The van der Waals surface area contributed by atoms with Crippen molar-refractivity contribution in [1.29, 1.82) is 0 Å². The molecule has 0 bridgehead atoms. The van der Waals surface area contributed by atoms with Gasteiger partial charge in [-0.25, -0.2) is 13.6 Å². The van der Waals surface area contributed by atoms with Gasteiger partial charge in [0.05, 0.1) is 10.5 Å². The summed E-state index contributed by atoms with van der Waals surface area (Å²) in [6.07, 6.45) is 0. The predicted octanol–water partition coefficient (Wildman–Crippen LogP) is 3.07. The quantitative estimate of drug-likeness (QED) is 0.646. The van der Waals surface area contributed by atoms with E-state index in [1.165, 1.54) is 6.07 Å². The van der Waals surface area contributed by atoms with Gasteiger partial charge in [0, 0.05) is 28.8 Å². The van der Waals surface area contributed by atoms with E-state index in [-0.39, 0.29) is 10.8 Å². The van der Waals surface area contributed by atoms with E-state index in [0.717, 1.165) is 17.1 Å². The van der Waals surface area contributed by atoms with Gasteiger partial charge in [0.2, 0.25) is 10.0 Å². The molecule has 162 valence electrons. The summed E-state index contributed by atoms with van der Waals surface area (Å²) in [6, 6.07) is 12.0. The van der Waals surface area contributed by atoms with Crippen molar-refractivity contribution >= 4 is 21.6 Å². The van der Waals surface area contributed by atoms with Crippen LogP contribution in [0.3, 0.4) is 0 Å². The highest BCUT2D eigenvalue weighted by molar-refractivity contribution is 7.89. The van der Waals surface area contributed by atoms with Crippen molar-refractivity contribution in [2.24, 2.45) is 5.14 Å². The van der Waals surface area contributed by atoms with Crippen LogP contribution in [-0.4, -0.2) is 32.1 Å². The van der Waals surface area contributed by atoms with Crippen LogP contribution in [0.15, 0.2) is 47.4 Å². The summed E-state index contributed by atoms with van der Waals surface area (Å²) in [7, 11) is -3.89. The van der Waals surface area contributed by atoms with Crippen LogP contribution in [0.1, 0.15) is 27.3 Å². The molecule has 31 heavy (non-hydrogen) atoms. The maximum Gasteiger partial charge on any atom is 0.257 e. The zero-order valence-electron chi connectivity index (χ0n) is 17.4. The van der Waals surface area contributed by atoms with E-state index in [9.17, 15) is 13.2 Å². The number of hydrogen-bond acceptors (Lipinski definition) is 5. The summed E-state index contributed by atoms with van der Waals surface area (Å²) in [6.45, 7) is 6.41. The maximum absolute atomic E-state index is 13.0. The standard InChI is InChI=1S/C22H23N3O5S/c1-13-4-5-16(11-21(13)31(23,27)28)24-22(26)18-10-14(2)25(15(18)3)17-6-7-19-20(12-17)30-9-8-29-19/h4-7,10-12H,8-9H2,1-3H3,(H,24,26)(H2,23,27,28). The van der Waals surface area contributed by atoms with E-state index in [0.29, 0.717) is 41.5 Å². The first kappa shape index (κ1) is 21.0. The SMILES string of the molecule is Cc1ccc(NC(=O)c2cc(C)n(-c3ccc4c(c3)OCCO4)c2C)cc1S(N)(=O)=O. The number of rotatable bonds is 4. The maximum atomic E-state index is 13.0. The van der Waals surface area contributed by atoms with Crippen LogP contribution in [0, 0.1) is 20.8 Å². The summed E-state index contributed by atoms with van der Waals surface area (Å²) < 4.78 is 36.7. The molecule has 0 aliphatic carbocycles. The van der Waals surface area contributed by atoms with Gasteiger partial charge in [-0.1, -0.05) is 6.07 Å². The summed E-state index contributed by atoms with van der Waals surface area (Å²) in [5.74, 6) is 1.01. The molecule has 0 atom stereocenters. The fourth-order valence-corrected chi connectivity index (χ4v) is 4.55. The van der Waals surface area contributed by atoms with E-state index < -0.39 is 10.0 Å². The van der Waals surface area contributed by atoms with Crippen molar-refractivity contribution in [2.45, 2.75) is 25.7 Å². The average molecular weight is 442 g/mol. The number of aromatic nitrogens is 1. The van der Waals surface area contributed by atoms with Gasteiger partial charge < -0.3 is 19.4 Å². The molecule has 0 fully saturated rings. The number of carbonyl (C=O) groups excluding carboxylic acids is 1. The number of carbonyl (C=O) groups is 1. The molecule has 1 aliphatic heterocycles. The minimum Gasteiger partial charge on any atom is -0.486 e. The number of primary sulfonamides is 1. The average Bonchev–Trinajstić information content (AvgIpc) is 3.02. The van der Waals surface area contributed by atoms with Crippen LogP contribution in [-0.2, 0) is 10.0 Å². The second kappa shape index (κ2) is 7.75. The third-order valence-corrected chi connectivity index (χ3v) is 6.27. The van der Waals surface area contributed by atoms with Crippen LogP contribution in [0.2, 0.25) is 0 Å². The van der Waals surface area contributed by atoms with Crippen LogP contribution in [0.4, 0.5) is 5.69 Å². The first-order valence-electron chi connectivity index (χ1n) is 9.69. The molecule has 2 heterocycles. The highest BCUT2D eigenvalue weighted by Gasteiger charge is 2.20. The highest BCUT2D eigenvalue weighted by atomic mass is 32.2. The van der Waals surface area contributed by atoms with Crippen LogP contribution in [0.5, 0.6) is 11.5 Å². The fourth-order valence-electron chi connectivity index (χ4n) is 3.74. The summed E-state index contributed by atoms with van der Waals surface area (Å²) in [5.41, 5.74) is 3.80. The largest absolute Gasteiger partial charge is 0.486 e. The number of ether oxygens (including phenoxy) is 2. The number of nitrogens with two attached hydrogens (primary N) is 1. The number of anilines is 1. The molecule has 0 unspecified atom stereocenters. The Bertz CT molecular complexity index is 1290. The van der Waals surface area contributed by atoms with Crippen molar-refractivity contribution in [3.05, 3.63) is 65.0 Å². The number of aryl methyl sites for hydroxylation is 2. The Labute approximate surface area is 180 Å². The lowest BCUT2D eigenvalue weighted by molar-refractivity contribution is 0.102. The summed E-state index contributed by atoms with van der Waals surface area (Å²) >= 11 is 0. The van der Waals surface area contributed by atoms with Gasteiger partial charge in [0.25, 0.3) is 5.91 Å². The molecule has 0 radical (unpaired) electrons. The topological polar surface area (TPSA) is 113 Å². The Morgan fingerprint density at radius 2 is 1.71 bits per heavy atom. The zero-order chi connectivity index (χ0) is 22.3. The molecule has 9 heteroatoms. The molecular weight excluding hydrogens is 418 g/mol. The number of nitrogens with zero attached hydrogens (tertiary/aromatic N) is 1. The van der Waals surface area contributed by atoms with E-state index in [1.807, 2.05) is 36.6 Å². The molecule has 1 aromatic heterocycles. The molecule has 4 rings (SSSR count). The van der Waals surface area contributed by atoms with Crippen molar-refractivity contribution in [3.63, 3.8) is 0 Å². The second-order valence-corrected chi connectivity index (χ2v) is 8.96. The Hall–Kier alpha value is -3.30. The van der Waals surface area contributed by atoms with Gasteiger partial charge in [-0.2, -0.15) is 0 Å². The molecule has 1 aliphatic rings. The first-order chi connectivity index (χ1) is 14.6. The van der Waals surface area contributed by atoms with Gasteiger partial charge in [0.15, 0.2) is 11.5 Å². The molecule has 8 nitrogen and oxygen atoms in total. The van der Waals surface area contributed by atoms with E-state index in [1.54, 1.807) is 25.1 Å². The predicted molar refractivity (Wildman–Crippen MR) is 117 cm³/mol. The third kappa shape index (κ3) is 4.01. The summed E-state index contributed by atoms with van der Waals surface area (Å²) in [4.78, 5) is 12.9. The lowest BCUT2D eigenvalue weighted by Gasteiger charge is -2.20. The lowest BCUT2D eigenvalue weighted by atomic mass is 10.2. The van der Waals surface area contributed by atoms with Gasteiger partial charge in [-0.05, 0) is 56.7 Å². The molecule has 0 saturated carbocycles.